The van der Waals surface area contributed by atoms with Crippen LogP contribution in [0.15, 0.2) is 34.2 Å². The summed E-state index contributed by atoms with van der Waals surface area (Å²) in [4.78, 5) is 11.0. The third-order valence-corrected chi connectivity index (χ3v) is 2.81. The number of aromatic carboxylic acids is 1. The minimum Gasteiger partial charge on any atom is -0.476 e. The van der Waals surface area contributed by atoms with Crippen LogP contribution in [0.1, 0.15) is 10.5 Å². The lowest BCUT2D eigenvalue weighted by Gasteiger charge is -2.00. The number of aromatic nitrogens is 3. The molecule has 0 aliphatic carbocycles. The summed E-state index contributed by atoms with van der Waals surface area (Å²) in [5.74, 6) is -1.62. The first-order valence-corrected chi connectivity index (χ1v) is 5.07. The first-order valence-electron chi connectivity index (χ1n) is 4.25. The van der Waals surface area contributed by atoms with Crippen LogP contribution >= 0.6 is 11.8 Å². The highest BCUT2D eigenvalue weighted by molar-refractivity contribution is 7.99. The molecule has 5 nitrogen and oxygen atoms in total. The van der Waals surface area contributed by atoms with Gasteiger partial charge >= 0.3 is 5.97 Å². The van der Waals surface area contributed by atoms with Gasteiger partial charge in [-0.1, -0.05) is 29.1 Å². The molecule has 0 unspecified atom stereocenters. The maximum atomic E-state index is 13.3. The molecule has 2 N–H and O–H groups in total. The van der Waals surface area contributed by atoms with E-state index in [9.17, 15) is 9.18 Å². The number of hydrogen-bond donors (Lipinski definition) is 2. The van der Waals surface area contributed by atoms with E-state index in [2.05, 4.69) is 15.4 Å². The van der Waals surface area contributed by atoms with Gasteiger partial charge in [-0.2, -0.15) is 0 Å². The largest absolute Gasteiger partial charge is 0.476 e. The number of H-pyrrole nitrogens is 1. The molecule has 1 aromatic carbocycles. The van der Waals surface area contributed by atoms with Gasteiger partial charge in [0.2, 0.25) is 5.69 Å². The van der Waals surface area contributed by atoms with Crippen molar-refractivity contribution in [2.24, 2.45) is 0 Å². The normalized spacial score (nSPS) is 10.3. The zero-order valence-corrected chi connectivity index (χ0v) is 8.66. The topological polar surface area (TPSA) is 78.9 Å². The van der Waals surface area contributed by atoms with Crippen LogP contribution in [0, 0.1) is 5.82 Å². The van der Waals surface area contributed by atoms with E-state index < -0.39 is 11.8 Å². The first-order chi connectivity index (χ1) is 7.68. The molecule has 0 aliphatic rings. The van der Waals surface area contributed by atoms with E-state index in [1.165, 1.54) is 6.07 Å². The van der Waals surface area contributed by atoms with Gasteiger partial charge in [-0.05, 0) is 12.1 Å². The molecule has 16 heavy (non-hydrogen) atoms. The van der Waals surface area contributed by atoms with Crippen LogP contribution in [0.3, 0.4) is 0 Å². The van der Waals surface area contributed by atoms with Gasteiger partial charge in [-0.3, -0.25) is 5.10 Å². The minimum atomic E-state index is -1.20. The Bertz CT molecular complexity index is 529. The highest BCUT2D eigenvalue weighted by Crippen LogP contribution is 2.29. The van der Waals surface area contributed by atoms with Crippen molar-refractivity contribution in [2.75, 3.05) is 0 Å². The van der Waals surface area contributed by atoms with Crippen molar-refractivity contribution in [2.45, 2.75) is 9.92 Å². The molecule has 0 bridgehead atoms. The smallest absolute Gasteiger partial charge is 0.359 e. The maximum absolute atomic E-state index is 13.3. The first kappa shape index (κ1) is 10.6. The Labute approximate surface area is 93.7 Å². The van der Waals surface area contributed by atoms with E-state index in [-0.39, 0.29) is 10.7 Å². The monoisotopic (exact) mass is 239 g/mol. The summed E-state index contributed by atoms with van der Waals surface area (Å²) in [5, 5.41) is 18.2. The molecular formula is C9H6FN3O2S. The lowest BCUT2D eigenvalue weighted by Crippen LogP contribution is -1.98. The van der Waals surface area contributed by atoms with Crippen molar-refractivity contribution in [1.29, 1.82) is 0 Å². The predicted molar refractivity (Wildman–Crippen MR) is 53.9 cm³/mol. The summed E-state index contributed by atoms with van der Waals surface area (Å²) in [6, 6.07) is 6.07. The van der Waals surface area contributed by atoms with Crippen molar-refractivity contribution < 1.29 is 14.3 Å². The van der Waals surface area contributed by atoms with Crippen LogP contribution in [0.2, 0.25) is 0 Å². The van der Waals surface area contributed by atoms with Crippen molar-refractivity contribution in [3.63, 3.8) is 0 Å². The fraction of sp³-hybridized carbons (Fsp3) is 0. The molecule has 0 fully saturated rings. The van der Waals surface area contributed by atoms with Gasteiger partial charge in [0.25, 0.3) is 0 Å². The van der Waals surface area contributed by atoms with Crippen LogP contribution in [-0.2, 0) is 0 Å². The average Bonchev–Trinajstić information content (AvgIpc) is 2.69. The number of nitrogens with one attached hydrogen (secondary N) is 1. The number of hydrogen-bond acceptors (Lipinski definition) is 4. The highest BCUT2D eigenvalue weighted by atomic mass is 32.2. The SMILES string of the molecule is O=C(O)c1nn[nH]c1Sc1ccccc1F. The molecule has 0 radical (unpaired) electrons. The van der Waals surface area contributed by atoms with E-state index in [0.717, 1.165) is 11.8 Å². The van der Waals surface area contributed by atoms with E-state index in [4.69, 9.17) is 5.11 Å². The summed E-state index contributed by atoms with van der Waals surface area (Å²) < 4.78 is 13.3. The zero-order valence-electron chi connectivity index (χ0n) is 7.85. The van der Waals surface area contributed by atoms with Gasteiger partial charge < -0.3 is 5.11 Å². The van der Waals surface area contributed by atoms with Crippen molar-refractivity contribution in [3.8, 4) is 0 Å². The molecule has 0 saturated carbocycles. The Morgan fingerprint density at radius 1 is 1.44 bits per heavy atom. The molecular weight excluding hydrogens is 233 g/mol. The fourth-order valence-electron chi connectivity index (χ4n) is 1.07. The van der Waals surface area contributed by atoms with Crippen LogP contribution in [0.25, 0.3) is 0 Å². The molecule has 0 spiro atoms. The lowest BCUT2D eigenvalue weighted by atomic mass is 10.3. The molecule has 0 atom stereocenters. The molecule has 0 saturated heterocycles. The van der Waals surface area contributed by atoms with E-state index >= 15 is 0 Å². The number of rotatable bonds is 3. The highest BCUT2D eigenvalue weighted by Gasteiger charge is 2.16. The molecule has 2 aromatic rings. The van der Waals surface area contributed by atoms with Crippen LogP contribution in [0.4, 0.5) is 4.39 Å². The Balaban J connectivity index is 2.31. The second-order valence-corrected chi connectivity index (χ2v) is 3.88. The Morgan fingerprint density at radius 2 is 2.19 bits per heavy atom. The standard InChI is InChI=1S/C9H6FN3O2S/c10-5-3-1-2-4-6(5)16-8-7(9(14)15)11-13-12-8/h1-4H,(H,14,15)(H,11,12,13). The average molecular weight is 239 g/mol. The number of carbonyl (C=O) groups is 1. The summed E-state index contributed by atoms with van der Waals surface area (Å²) >= 11 is 0.939. The summed E-state index contributed by atoms with van der Waals surface area (Å²) in [5.41, 5.74) is -0.215. The van der Waals surface area contributed by atoms with E-state index in [0.29, 0.717) is 4.90 Å². The lowest BCUT2D eigenvalue weighted by molar-refractivity contribution is 0.0686. The van der Waals surface area contributed by atoms with Gasteiger partial charge in [0, 0.05) is 4.90 Å². The van der Waals surface area contributed by atoms with Crippen LogP contribution in [-0.4, -0.2) is 26.5 Å². The van der Waals surface area contributed by atoms with E-state index in [1.807, 2.05) is 0 Å². The van der Waals surface area contributed by atoms with Crippen molar-refractivity contribution in [3.05, 3.63) is 35.8 Å². The summed E-state index contributed by atoms with van der Waals surface area (Å²) in [6.07, 6.45) is 0. The second-order valence-electron chi connectivity index (χ2n) is 2.83. The number of carboxylic acids is 1. The zero-order chi connectivity index (χ0) is 11.5. The molecule has 1 heterocycles. The number of benzene rings is 1. The van der Waals surface area contributed by atoms with E-state index in [1.54, 1.807) is 18.2 Å². The summed E-state index contributed by atoms with van der Waals surface area (Å²) in [6.45, 7) is 0. The Hall–Kier alpha value is -1.89. The van der Waals surface area contributed by atoms with Gasteiger partial charge in [-0.15, -0.1) is 5.10 Å². The van der Waals surface area contributed by atoms with Crippen LogP contribution < -0.4 is 0 Å². The molecule has 0 amide bonds. The quantitative estimate of drug-likeness (QED) is 0.853. The van der Waals surface area contributed by atoms with Crippen molar-refractivity contribution in [1.82, 2.24) is 15.4 Å². The summed E-state index contributed by atoms with van der Waals surface area (Å²) in [7, 11) is 0. The molecule has 2 rings (SSSR count). The number of halogens is 1. The van der Waals surface area contributed by atoms with Gasteiger partial charge in [0.1, 0.15) is 10.8 Å². The number of aromatic amines is 1. The third kappa shape index (κ3) is 2.03. The Morgan fingerprint density at radius 3 is 2.88 bits per heavy atom. The van der Waals surface area contributed by atoms with Crippen LogP contribution in [0.5, 0.6) is 0 Å². The number of carboxylic acid groups (broad SMARTS) is 1. The Kier molecular flexibility index (Phi) is 2.86. The second kappa shape index (κ2) is 4.31. The fourth-order valence-corrected chi connectivity index (χ4v) is 1.91. The van der Waals surface area contributed by atoms with Crippen molar-refractivity contribution >= 4 is 17.7 Å². The molecule has 7 heteroatoms. The molecule has 82 valence electrons. The predicted octanol–water partition coefficient (Wildman–Crippen LogP) is 1.79. The van der Waals surface area contributed by atoms with Gasteiger partial charge in [0.05, 0.1) is 0 Å². The molecule has 0 aliphatic heterocycles. The third-order valence-electron chi connectivity index (χ3n) is 1.77. The van der Waals surface area contributed by atoms with Gasteiger partial charge in [-0.25, -0.2) is 9.18 Å². The van der Waals surface area contributed by atoms with Gasteiger partial charge in [0.15, 0.2) is 0 Å². The minimum absolute atomic E-state index is 0.206. The maximum Gasteiger partial charge on any atom is 0.359 e. The molecule has 1 aromatic heterocycles. The number of nitrogens with zero attached hydrogens (tertiary/aromatic N) is 2.